The number of carbonyl (C=O) groups excluding carboxylic acids is 3. The molecule has 0 unspecified atom stereocenters. The van der Waals surface area contributed by atoms with E-state index in [1.807, 2.05) is 0 Å². The van der Waals surface area contributed by atoms with E-state index in [0.717, 1.165) is 12.0 Å². The summed E-state index contributed by atoms with van der Waals surface area (Å²) in [4.78, 5) is 38.3. The number of nitrogens with zero attached hydrogens (tertiary/aromatic N) is 2. The van der Waals surface area contributed by atoms with Gasteiger partial charge in [-0.15, -0.1) is 0 Å². The molecular formula is C22H14F8N2O5. The summed E-state index contributed by atoms with van der Waals surface area (Å²) in [6.45, 7) is -1.17. The molecule has 0 radical (unpaired) electrons. The van der Waals surface area contributed by atoms with Gasteiger partial charge in [-0.2, -0.15) is 8.78 Å². The van der Waals surface area contributed by atoms with Gasteiger partial charge in [-0.3, -0.25) is 14.5 Å². The summed E-state index contributed by atoms with van der Waals surface area (Å²) in [7, 11) is 1.06. The highest BCUT2D eigenvalue weighted by Gasteiger charge is 2.52. The lowest BCUT2D eigenvalue weighted by molar-refractivity contribution is -0.193. The van der Waals surface area contributed by atoms with Gasteiger partial charge in [0.15, 0.2) is 29.0 Å². The number of fused-ring (bicyclic) bond motifs is 1. The first-order valence-corrected chi connectivity index (χ1v) is 10.4. The molecule has 0 N–H and O–H groups in total. The van der Waals surface area contributed by atoms with E-state index in [-0.39, 0.29) is 23.9 Å². The fraction of sp³-hybridized carbons (Fsp3) is 0.318. The van der Waals surface area contributed by atoms with Crippen LogP contribution in [0.1, 0.15) is 12.8 Å². The molecule has 2 heterocycles. The Kier molecular flexibility index (Phi) is 6.50. The largest absolute Gasteiger partial charge is 0.482 e. The third-order valence-corrected chi connectivity index (χ3v) is 5.89. The highest BCUT2D eigenvalue weighted by atomic mass is 19.3. The molecule has 2 aromatic rings. The number of alkyl halides is 2. The topological polar surface area (TPSA) is 76.2 Å². The number of hydrogen-bond acceptors (Lipinski definition) is 5. The Morgan fingerprint density at radius 2 is 1.62 bits per heavy atom. The average Bonchev–Trinajstić information content (AvgIpc) is 3.34. The summed E-state index contributed by atoms with van der Waals surface area (Å²) in [5, 5.41) is 0. The van der Waals surface area contributed by atoms with Crippen LogP contribution in [0.15, 0.2) is 12.1 Å². The molecular weight excluding hydrogens is 524 g/mol. The van der Waals surface area contributed by atoms with Crippen LogP contribution in [-0.4, -0.2) is 55.0 Å². The van der Waals surface area contributed by atoms with Crippen molar-refractivity contribution >= 4 is 23.5 Å². The number of benzene rings is 2. The highest BCUT2D eigenvalue weighted by Crippen LogP contribution is 2.44. The first-order valence-electron chi connectivity index (χ1n) is 10.4. The summed E-state index contributed by atoms with van der Waals surface area (Å²) in [5.41, 5.74) is -3.85. The van der Waals surface area contributed by atoms with E-state index in [1.165, 1.54) is 0 Å². The molecule has 7 nitrogen and oxygen atoms in total. The molecule has 2 aromatic carbocycles. The van der Waals surface area contributed by atoms with Crippen LogP contribution in [0, 0.1) is 34.9 Å². The minimum absolute atomic E-state index is 0.000393. The van der Waals surface area contributed by atoms with Crippen molar-refractivity contribution in [3.8, 4) is 16.9 Å². The fourth-order valence-electron chi connectivity index (χ4n) is 4.15. The Bertz CT molecular complexity index is 1310. The van der Waals surface area contributed by atoms with Crippen LogP contribution in [0.3, 0.4) is 0 Å². The van der Waals surface area contributed by atoms with Crippen molar-refractivity contribution in [1.29, 1.82) is 0 Å². The Balaban J connectivity index is 1.82. The zero-order valence-electron chi connectivity index (χ0n) is 18.5. The van der Waals surface area contributed by atoms with Crippen LogP contribution in [0.25, 0.3) is 11.1 Å². The Labute approximate surface area is 202 Å². The van der Waals surface area contributed by atoms with Gasteiger partial charge in [0.05, 0.1) is 18.4 Å². The van der Waals surface area contributed by atoms with Crippen molar-refractivity contribution in [3.05, 3.63) is 47.0 Å². The summed E-state index contributed by atoms with van der Waals surface area (Å²) in [6.07, 6.45) is -4.10. The molecule has 1 atom stereocenters. The van der Waals surface area contributed by atoms with Crippen LogP contribution >= 0.6 is 0 Å². The van der Waals surface area contributed by atoms with Crippen LogP contribution in [-0.2, 0) is 19.1 Å². The number of likely N-dealkylation sites (tertiary alicyclic amines) is 1. The molecule has 0 aromatic heterocycles. The summed E-state index contributed by atoms with van der Waals surface area (Å²) < 4.78 is 122. The van der Waals surface area contributed by atoms with E-state index >= 15 is 0 Å². The minimum atomic E-state index is -4.61. The van der Waals surface area contributed by atoms with Gasteiger partial charge in [0.1, 0.15) is 18.4 Å². The lowest BCUT2D eigenvalue weighted by Gasteiger charge is -2.34. The van der Waals surface area contributed by atoms with Gasteiger partial charge in [-0.05, 0) is 18.9 Å². The number of halogens is 8. The molecule has 2 aliphatic heterocycles. The Morgan fingerprint density at radius 3 is 2.22 bits per heavy atom. The number of rotatable bonds is 4. The van der Waals surface area contributed by atoms with Crippen molar-refractivity contribution in [1.82, 2.24) is 4.90 Å². The van der Waals surface area contributed by atoms with Gasteiger partial charge in [0.2, 0.25) is 11.7 Å². The van der Waals surface area contributed by atoms with Gasteiger partial charge in [0, 0.05) is 18.2 Å². The molecule has 37 heavy (non-hydrogen) atoms. The van der Waals surface area contributed by atoms with E-state index in [1.54, 1.807) is 0 Å². The molecule has 4 rings (SSSR count). The SMILES string of the molecule is COC(=O)[C@@H]1CCCN1C(=O)CN1C(=O)C(F)(F)Oc2cc(F)c(-c3c(F)c(F)c(F)c(F)c3F)cc21. The smallest absolute Gasteiger partial charge is 0.467 e. The van der Waals surface area contributed by atoms with Gasteiger partial charge in [-0.1, -0.05) is 0 Å². The van der Waals surface area contributed by atoms with E-state index in [9.17, 15) is 49.5 Å². The number of anilines is 1. The molecule has 0 bridgehead atoms. The number of hydrogen-bond donors (Lipinski definition) is 0. The highest BCUT2D eigenvalue weighted by molar-refractivity contribution is 6.05. The molecule has 1 fully saturated rings. The number of amides is 2. The predicted molar refractivity (Wildman–Crippen MR) is 106 cm³/mol. The molecule has 1 saturated heterocycles. The number of esters is 1. The minimum Gasteiger partial charge on any atom is -0.467 e. The molecule has 15 heteroatoms. The van der Waals surface area contributed by atoms with Crippen molar-refractivity contribution in [3.63, 3.8) is 0 Å². The van der Waals surface area contributed by atoms with E-state index in [2.05, 4.69) is 9.47 Å². The van der Waals surface area contributed by atoms with E-state index in [0.29, 0.717) is 12.5 Å². The van der Waals surface area contributed by atoms with Crippen molar-refractivity contribution in [2.45, 2.75) is 25.0 Å². The standard InChI is InChI=1S/C22H14F8N2O5/c1-36-20(34)10-3-2-4-31(10)13(33)7-32-11-5-8(9(23)6-12(11)37-22(29,30)21(32)35)14-15(24)17(26)19(28)18(27)16(14)25/h5-6,10H,2-4,7H2,1H3/t10-/m0/s1. The second kappa shape index (κ2) is 9.19. The number of carbonyl (C=O) groups is 3. The van der Waals surface area contributed by atoms with Gasteiger partial charge < -0.3 is 14.4 Å². The van der Waals surface area contributed by atoms with Crippen molar-refractivity contribution < 1.29 is 59.0 Å². The van der Waals surface area contributed by atoms with Crippen LogP contribution in [0.2, 0.25) is 0 Å². The predicted octanol–water partition coefficient (Wildman–Crippen LogP) is 3.67. The quantitative estimate of drug-likeness (QED) is 0.257. The third-order valence-electron chi connectivity index (χ3n) is 5.89. The lowest BCUT2D eigenvalue weighted by atomic mass is 10.0. The summed E-state index contributed by atoms with van der Waals surface area (Å²) >= 11 is 0. The maximum atomic E-state index is 14.7. The molecule has 0 aliphatic carbocycles. The first-order chi connectivity index (χ1) is 17.3. The molecule has 0 saturated carbocycles. The van der Waals surface area contributed by atoms with Crippen molar-refractivity contribution in [2.75, 3.05) is 25.1 Å². The number of ether oxygens (including phenoxy) is 2. The second-order valence-electron chi connectivity index (χ2n) is 8.02. The summed E-state index contributed by atoms with van der Waals surface area (Å²) in [5.74, 6) is -18.9. The molecule has 2 amide bonds. The maximum Gasteiger partial charge on any atom is 0.482 e. The molecule has 2 aliphatic rings. The van der Waals surface area contributed by atoms with Gasteiger partial charge >= 0.3 is 18.0 Å². The Morgan fingerprint density at radius 1 is 1.03 bits per heavy atom. The average molecular weight is 538 g/mol. The van der Waals surface area contributed by atoms with Crippen LogP contribution < -0.4 is 9.64 Å². The molecule has 198 valence electrons. The fourth-order valence-corrected chi connectivity index (χ4v) is 4.15. The van der Waals surface area contributed by atoms with E-state index in [4.69, 9.17) is 0 Å². The van der Waals surface area contributed by atoms with Crippen LogP contribution in [0.5, 0.6) is 5.75 Å². The monoisotopic (exact) mass is 538 g/mol. The maximum absolute atomic E-state index is 14.7. The third kappa shape index (κ3) is 4.21. The first kappa shape index (κ1) is 26.2. The van der Waals surface area contributed by atoms with E-state index < -0.39 is 93.9 Å². The van der Waals surface area contributed by atoms with Crippen LogP contribution in [0.4, 0.5) is 40.8 Å². The number of methoxy groups -OCH3 is 1. The summed E-state index contributed by atoms with van der Waals surface area (Å²) in [6, 6.07) is -0.593. The zero-order chi connectivity index (χ0) is 27.4. The second-order valence-corrected chi connectivity index (χ2v) is 8.02. The lowest BCUT2D eigenvalue weighted by Crippen LogP contribution is -2.55. The molecule has 0 spiro atoms. The zero-order valence-corrected chi connectivity index (χ0v) is 18.5. The normalized spacial score (nSPS) is 18.5. The van der Waals surface area contributed by atoms with Gasteiger partial charge in [0.25, 0.3) is 0 Å². The van der Waals surface area contributed by atoms with Crippen molar-refractivity contribution in [2.24, 2.45) is 0 Å². The van der Waals surface area contributed by atoms with Gasteiger partial charge in [-0.25, -0.2) is 31.1 Å². The Hall–Kier alpha value is -3.91.